The molecule has 7 N–H and O–H groups in total. The molecule has 0 saturated carbocycles. The zero-order valence-electron chi connectivity index (χ0n) is 31.6. The number of hydrogen-bond acceptors (Lipinski definition) is 20. The summed E-state index contributed by atoms with van der Waals surface area (Å²) in [6, 6.07) is 1.45. The molecule has 0 aromatic carbocycles. The Morgan fingerprint density at radius 3 is 2.42 bits per heavy atom. The van der Waals surface area contributed by atoms with E-state index in [4.69, 9.17) is 10.5 Å². The first kappa shape index (κ1) is 49.7. The Morgan fingerprint density at radius 2 is 1.72 bits per heavy atom. The lowest BCUT2D eigenvalue weighted by atomic mass is 9.87. The first-order chi connectivity index (χ1) is 26.7. The van der Waals surface area contributed by atoms with Crippen LogP contribution in [0.4, 0.5) is 5.69 Å². The molecule has 27 heteroatoms. The van der Waals surface area contributed by atoms with Crippen molar-refractivity contribution >= 4 is 73.7 Å². The number of nitrogens with one attached hydrogen (secondary N) is 3. The molecular formula is C30H50N6O16P3S2-3. The fourth-order valence-electron chi connectivity index (χ4n) is 5.35. The van der Waals surface area contributed by atoms with Crippen molar-refractivity contribution in [1.82, 2.24) is 20.6 Å². The molecule has 1 aliphatic rings. The second-order valence-electron chi connectivity index (χ2n) is 13.6. The number of nitrogen functional groups attached to an aromatic ring is 1. The maximum atomic E-state index is 12.6. The van der Waals surface area contributed by atoms with Crippen molar-refractivity contribution in [3.8, 4) is 0 Å². The number of H-pyrrole nitrogens is 1. The summed E-state index contributed by atoms with van der Waals surface area (Å²) >= 11 is 0. The fraction of sp³-hybridized carbons (Fsp3) is 0.733. The molecule has 3 heterocycles. The van der Waals surface area contributed by atoms with Crippen LogP contribution in [-0.2, 0) is 45.9 Å². The maximum Gasteiger partial charge on any atom is 0.305 e. The van der Waals surface area contributed by atoms with E-state index in [2.05, 4.69) is 45.4 Å². The number of aromatic amines is 1. The molecule has 57 heavy (non-hydrogen) atoms. The van der Waals surface area contributed by atoms with Crippen molar-refractivity contribution in [1.29, 1.82) is 0 Å². The molecule has 3 unspecified atom stereocenters. The lowest BCUT2D eigenvalue weighted by Crippen LogP contribution is -2.46. The van der Waals surface area contributed by atoms with Crippen LogP contribution in [0.3, 0.4) is 0 Å². The lowest BCUT2D eigenvalue weighted by molar-refractivity contribution is -0.745. The minimum atomic E-state index is -5.88. The number of carbonyl (C=O) groups is 2. The van der Waals surface area contributed by atoms with Gasteiger partial charge in [0, 0.05) is 36.4 Å². The molecule has 7 atom stereocenters. The monoisotopic (exact) mass is 907 g/mol. The Morgan fingerprint density at radius 1 is 1.05 bits per heavy atom. The van der Waals surface area contributed by atoms with Crippen LogP contribution in [0.1, 0.15) is 71.9 Å². The number of fused-ring (bicyclic) bond motifs is 1. The summed E-state index contributed by atoms with van der Waals surface area (Å²) in [5.74, 6) is 0.460. The van der Waals surface area contributed by atoms with E-state index in [0.29, 0.717) is 12.3 Å². The van der Waals surface area contributed by atoms with Crippen molar-refractivity contribution in [2.75, 3.05) is 43.5 Å². The van der Waals surface area contributed by atoms with Crippen LogP contribution >= 0.6 is 45.1 Å². The maximum absolute atomic E-state index is 12.6. The molecule has 2 amide bonds. The van der Waals surface area contributed by atoms with Crippen LogP contribution in [-0.4, -0.2) is 94.2 Å². The van der Waals surface area contributed by atoms with Crippen LogP contribution in [0.25, 0.3) is 11.2 Å². The molecule has 2 aromatic heterocycles. The number of nitrogens with two attached hydrogens (primary N) is 1. The highest BCUT2D eigenvalue weighted by molar-refractivity contribution is 8.76. The lowest BCUT2D eigenvalue weighted by Gasteiger charge is -2.36. The molecule has 2 aromatic rings. The predicted molar refractivity (Wildman–Crippen MR) is 200 cm³/mol. The average Bonchev–Trinajstić information content (AvgIpc) is 3.68. The number of phosphoric ester groups is 3. The van der Waals surface area contributed by atoms with E-state index in [0.717, 1.165) is 16.7 Å². The van der Waals surface area contributed by atoms with Crippen molar-refractivity contribution < 1.29 is 80.3 Å². The summed E-state index contributed by atoms with van der Waals surface area (Å²) in [7, 11) is -14.1. The summed E-state index contributed by atoms with van der Waals surface area (Å²) in [6.07, 6.45) is 0.586. The number of aliphatic hydroxyl groups is 2. The summed E-state index contributed by atoms with van der Waals surface area (Å²) in [4.78, 5) is 79.4. The SMILES string of the molecule is CCCCCCCCSSCCNC(=O)CCNC(=O)[C@@H](O)C(C)(C)COP(=O)([O-])OP(=O)([O-])OC[C@H]1O[C@@H]([n+]2c[nH]c3c(N)ccnc32)C(O)[C@H]1OP(=O)([O-])[O-]. The minimum absolute atomic E-state index is 0.0903. The van der Waals surface area contributed by atoms with Crippen molar-refractivity contribution in [2.45, 2.75) is 96.4 Å². The van der Waals surface area contributed by atoms with Crippen LogP contribution in [0.2, 0.25) is 0 Å². The standard InChI is InChI=1S/C30H53N6O16P3S2/c1-4-5-6-7-8-9-15-56-57-16-14-32-22(37)11-13-34-28(40)26(39)30(2,3)18-49-55(46,47)52-54(44,45)48-17-21-25(51-53(41,42)43)24(38)29(50-21)36-19-35-23-20(31)10-12-33-27(23)36/h10,12,19,21,24-26,29,38-39H,4-9,11,13-18H2,1-3H3,(H8,31,32,33,34,37,40,41,42,43,44,45,46,47)/p-3/t21-,24?,25+,26-,29-/m1/s1. The smallest absolute Gasteiger partial charge is 0.305 e. The number of nitrogens with zero attached hydrogens (tertiary/aromatic N) is 2. The van der Waals surface area contributed by atoms with Crippen LogP contribution in [0, 0.1) is 5.41 Å². The molecule has 0 bridgehead atoms. The Labute approximate surface area is 337 Å². The van der Waals surface area contributed by atoms with Crippen LogP contribution in [0.15, 0.2) is 18.6 Å². The number of ether oxygens (including phenoxy) is 1. The van der Waals surface area contributed by atoms with E-state index in [1.807, 2.05) is 0 Å². The van der Waals surface area contributed by atoms with Gasteiger partial charge in [-0.1, -0.05) is 74.5 Å². The molecule has 326 valence electrons. The highest BCUT2D eigenvalue weighted by Crippen LogP contribution is 2.56. The van der Waals surface area contributed by atoms with E-state index in [1.54, 1.807) is 21.6 Å². The first-order valence-corrected chi connectivity index (χ1v) is 24.8. The van der Waals surface area contributed by atoms with Crippen molar-refractivity contribution in [3.05, 3.63) is 18.6 Å². The Hall–Kier alpha value is -1.69. The molecule has 1 saturated heterocycles. The number of anilines is 1. The number of unbranched alkanes of at least 4 members (excludes halogenated alkanes) is 5. The molecule has 0 aliphatic carbocycles. The number of rotatable bonds is 27. The molecule has 3 rings (SSSR count). The minimum Gasteiger partial charge on any atom is -0.790 e. The number of amides is 2. The van der Waals surface area contributed by atoms with Crippen molar-refractivity contribution in [3.63, 3.8) is 0 Å². The van der Waals surface area contributed by atoms with Gasteiger partial charge in [-0.05, 0) is 12.5 Å². The van der Waals surface area contributed by atoms with Gasteiger partial charge in [0.05, 0.1) is 26.7 Å². The third-order valence-corrected chi connectivity index (χ3v) is 13.9. The Bertz CT molecular complexity index is 1760. The van der Waals surface area contributed by atoms with Gasteiger partial charge in [-0.25, -0.2) is 8.88 Å². The highest BCUT2D eigenvalue weighted by atomic mass is 33.1. The number of imidazole rings is 1. The van der Waals surface area contributed by atoms with Gasteiger partial charge in [0.2, 0.25) is 18.0 Å². The van der Waals surface area contributed by atoms with Gasteiger partial charge in [0.1, 0.15) is 30.6 Å². The topological polar surface area (TPSA) is 347 Å². The second kappa shape index (κ2) is 22.8. The fourth-order valence-corrected chi connectivity index (χ4v) is 10.1. The number of hydrogen-bond donors (Lipinski definition) is 6. The molecule has 22 nitrogen and oxygen atoms in total. The van der Waals surface area contributed by atoms with Crippen LogP contribution < -0.4 is 40.5 Å². The van der Waals surface area contributed by atoms with Gasteiger partial charge >= 0.3 is 5.65 Å². The third-order valence-electron chi connectivity index (χ3n) is 8.39. The molecule has 0 spiro atoms. The zero-order valence-corrected chi connectivity index (χ0v) is 35.9. The van der Waals surface area contributed by atoms with Gasteiger partial charge in [-0.2, -0.15) is 0 Å². The van der Waals surface area contributed by atoms with E-state index >= 15 is 0 Å². The molecule has 1 aliphatic heterocycles. The first-order valence-electron chi connectivity index (χ1n) is 17.9. The summed E-state index contributed by atoms with van der Waals surface area (Å²) in [6.45, 7) is 2.76. The Kier molecular flexibility index (Phi) is 19.9. The number of aromatic nitrogens is 3. The predicted octanol–water partition coefficient (Wildman–Crippen LogP) is -0.357. The van der Waals surface area contributed by atoms with E-state index in [-0.39, 0.29) is 35.7 Å². The number of pyridine rings is 1. The normalized spacial score (nSPS) is 21.6. The van der Waals surface area contributed by atoms with E-state index in [1.165, 1.54) is 64.5 Å². The number of carbonyl (C=O) groups excluding carboxylic acids is 2. The van der Waals surface area contributed by atoms with E-state index < -0.39 is 78.6 Å². The van der Waals surface area contributed by atoms with Crippen molar-refractivity contribution in [2.24, 2.45) is 5.41 Å². The Balaban J connectivity index is 1.43. The second-order valence-corrected chi connectivity index (χ2v) is 20.4. The molecule has 0 radical (unpaired) electrons. The summed E-state index contributed by atoms with van der Waals surface area (Å²) in [5, 5.41) is 26.5. The molecular weight excluding hydrogens is 857 g/mol. The average molecular weight is 908 g/mol. The van der Waals surface area contributed by atoms with E-state index in [9.17, 15) is 53.1 Å². The van der Waals surface area contributed by atoms with Gasteiger partial charge in [-0.3, -0.25) is 23.7 Å². The van der Waals surface area contributed by atoms with Crippen LogP contribution in [0.5, 0.6) is 0 Å². The zero-order chi connectivity index (χ0) is 42.4. The number of phosphoric acid groups is 3. The van der Waals surface area contributed by atoms with Gasteiger partial charge in [-0.15, -0.1) is 4.98 Å². The van der Waals surface area contributed by atoms with Gasteiger partial charge in [0.15, 0.2) is 11.8 Å². The summed E-state index contributed by atoms with van der Waals surface area (Å²) < 4.78 is 60.9. The van der Waals surface area contributed by atoms with Gasteiger partial charge < -0.3 is 69.0 Å². The summed E-state index contributed by atoms with van der Waals surface area (Å²) in [5.41, 5.74) is 4.88. The quantitative estimate of drug-likeness (QED) is 0.0288. The number of aliphatic hydroxyl groups excluding tert-OH is 2. The third kappa shape index (κ3) is 16.7. The molecule has 1 fully saturated rings. The highest BCUT2D eigenvalue weighted by Gasteiger charge is 2.49. The largest absolute Gasteiger partial charge is 0.790 e. The van der Waals surface area contributed by atoms with Gasteiger partial charge in [0.25, 0.3) is 15.6 Å².